The number of nitrogens with two attached hydrogens (primary N) is 2. The average molecular weight is 835 g/mol. The number of carbonyl (C=O) groups excluding carboxylic acids is 6. The Bertz CT molecular complexity index is 1720. The molecule has 1 aliphatic carbocycles. The van der Waals surface area contributed by atoms with Crippen molar-refractivity contribution in [1.29, 1.82) is 0 Å². The molecule has 0 unspecified atom stereocenters. The van der Waals surface area contributed by atoms with E-state index in [1.165, 1.54) is 36.4 Å². The Balaban J connectivity index is 0.00000102. The van der Waals surface area contributed by atoms with Crippen molar-refractivity contribution in [2.45, 2.75) is 65.0 Å². The Hall–Kier alpha value is -5.90. The van der Waals surface area contributed by atoms with E-state index in [1.54, 1.807) is 0 Å². The molecule has 0 aromatic heterocycles. The van der Waals surface area contributed by atoms with Crippen LogP contribution in [0.15, 0.2) is 36.4 Å². The summed E-state index contributed by atoms with van der Waals surface area (Å²) in [4.78, 5) is 94.1. The summed E-state index contributed by atoms with van der Waals surface area (Å²) in [6.07, 6.45) is -8.63. The molecule has 0 saturated carbocycles. The van der Waals surface area contributed by atoms with Crippen LogP contribution in [0.1, 0.15) is 93.1 Å². The Morgan fingerprint density at radius 2 is 0.845 bits per heavy atom. The molecule has 0 fully saturated rings. The molecule has 4 amide bonds. The topological polar surface area (TPSA) is 277 Å². The number of hydrogen-bond acceptors (Lipinski definition) is 10. The molecule has 4 atom stereocenters. The van der Waals surface area contributed by atoms with Crippen LogP contribution in [0.4, 0.5) is 26.3 Å². The molecule has 0 bridgehead atoms. The SMILES string of the molecule is CC[C@H](C)[C@H](N)C(=O)NCCNC(=O)c1ccc2c(c1)C(=O)c1ccc(C(=O)NCCNC(=O)[C@@H](N)[C@@H](C)CC)cc1C2=O.O=C(O)C(F)(F)F.O=C(O)C(F)(F)F. The number of rotatable bonds is 14. The molecule has 58 heavy (non-hydrogen) atoms. The third-order valence-electron chi connectivity index (χ3n) is 8.57. The van der Waals surface area contributed by atoms with E-state index in [-0.39, 0.29) is 83.2 Å². The number of carboxylic acid groups (broad SMARTS) is 2. The van der Waals surface area contributed by atoms with Crippen molar-refractivity contribution in [1.82, 2.24) is 21.3 Å². The van der Waals surface area contributed by atoms with Crippen LogP contribution in [-0.2, 0) is 19.2 Å². The quantitative estimate of drug-likeness (QED) is 0.0858. The largest absolute Gasteiger partial charge is 0.490 e. The number of amides is 4. The van der Waals surface area contributed by atoms with Gasteiger partial charge in [0, 0.05) is 59.6 Å². The number of halogens is 6. The molecule has 0 heterocycles. The number of aliphatic carboxylic acids is 2. The minimum absolute atomic E-state index is 0.0271. The molecule has 320 valence electrons. The van der Waals surface area contributed by atoms with Crippen LogP contribution in [0.5, 0.6) is 0 Å². The zero-order valence-corrected chi connectivity index (χ0v) is 31.6. The summed E-state index contributed by atoms with van der Waals surface area (Å²) in [6.45, 7) is 8.33. The van der Waals surface area contributed by atoms with E-state index >= 15 is 0 Å². The van der Waals surface area contributed by atoms with Gasteiger partial charge in [0.25, 0.3) is 11.8 Å². The van der Waals surface area contributed by atoms with Crippen molar-refractivity contribution in [3.63, 3.8) is 0 Å². The van der Waals surface area contributed by atoms with Crippen LogP contribution in [0.25, 0.3) is 0 Å². The number of carbonyl (C=O) groups is 8. The van der Waals surface area contributed by atoms with E-state index in [1.807, 2.05) is 27.7 Å². The summed E-state index contributed by atoms with van der Waals surface area (Å²) >= 11 is 0. The van der Waals surface area contributed by atoms with Gasteiger partial charge >= 0.3 is 24.3 Å². The predicted octanol–water partition coefficient (Wildman–Crippen LogP) is 2.17. The highest BCUT2D eigenvalue weighted by Crippen LogP contribution is 2.29. The summed E-state index contributed by atoms with van der Waals surface area (Å²) < 4.78 is 63.5. The van der Waals surface area contributed by atoms with Crippen molar-refractivity contribution in [3.8, 4) is 0 Å². The minimum atomic E-state index is -5.08. The van der Waals surface area contributed by atoms with E-state index in [9.17, 15) is 55.1 Å². The first-order valence-electron chi connectivity index (χ1n) is 17.4. The predicted molar refractivity (Wildman–Crippen MR) is 193 cm³/mol. The molecule has 0 radical (unpaired) electrons. The van der Waals surface area contributed by atoms with Gasteiger partial charge in [-0.05, 0) is 48.2 Å². The lowest BCUT2D eigenvalue weighted by Crippen LogP contribution is -2.46. The molecule has 2 aromatic carbocycles. The van der Waals surface area contributed by atoms with Gasteiger partial charge in [-0.25, -0.2) is 9.59 Å². The van der Waals surface area contributed by atoms with Crippen molar-refractivity contribution in [2.24, 2.45) is 23.3 Å². The van der Waals surface area contributed by atoms with E-state index in [2.05, 4.69) is 21.3 Å². The molecule has 0 saturated heterocycles. The third-order valence-corrected chi connectivity index (χ3v) is 8.57. The summed E-state index contributed by atoms with van der Waals surface area (Å²) in [6, 6.07) is 7.19. The van der Waals surface area contributed by atoms with E-state index in [4.69, 9.17) is 31.3 Å². The normalized spacial score (nSPS) is 13.9. The van der Waals surface area contributed by atoms with Crippen molar-refractivity contribution in [3.05, 3.63) is 69.8 Å². The maximum Gasteiger partial charge on any atom is 0.490 e. The maximum absolute atomic E-state index is 13.3. The summed E-state index contributed by atoms with van der Waals surface area (Å²) in [5.74, 6) is -7.87. The number of ketones is 2. The number of alkyl halides is 6. The number of carboxylic acids is 2. The lowest BCUT2D eigenvalue weighted by Gasteiger charge is -2.19. The fourth-order valence-electron chi connectivity index (χ4n) is 4.62. The van der Waals surface area contributed by atoms with Gasteiger partial charge in [-0.1, -0.05) is 40.5 Å². The van der Waals surface area contributed by atoms with E-state index < -0.39 is 59.8 Å². The Morgan fingerprint density at radius 3 is 1.10 bits per heavy atom. The lowest BCUT2D eigenvalue weighted by molar-refractivity contribution is -0.193. The number of hydrogen-bond donors (Lipinski definition) is 8. The number of fused-ring (bicyclic) bond motifs is 2. The molecular formula is C36H44F6N6O10. The zero-order valence-electron chi connectivity index (χ0n) is 31.6. The Morgan fingerprint density at radius 1 is 0.569 bits per heavy atom. The van der Waals surface area contributed by atoms with Crippen molar-refractivity contribution < 1.29 is 74.9 Å². The van der Waals surface area contributed by atoms with Gasteiger partial charge in [0.2, 0.25) is 11.8 Å². The molecule has 22 heteroatoms. The molecule has 3 rings (SSSR count). The minimum Gasteiger partial charge on any atom is -0.475 e. The van der Waals surface area contributed by atoms with Crippen LogP contribution in [0.3, 0.4) is 0 Å². The first kappa shape index (κ1) is 50.1. The molecule has 2 aromatic rings. The monoisotopic (exact) mass is 834 g/mol. The van der Waals surface area contributed by atoms with Crippen LogP contribution in [0, 0.1) is 11.8 Å². The Kier molecular flexibility index (Phi) is 19.1. The third kappa shape index (κ3) is 14.9. The smallest absolute Gasteiger partial charge is 0.475 e. The first-order chi connectivity index (χ1) is 26.8. The summed E-state index contributed by atoms with van der Waals surface area (Å²) in [5.41, 5.74) is 12.6. The van der Waals surface area contributed by atoms with Gasteiger partial charge in [-0.3, -0.25) is 28.8 Å². The van der Waals surface area contributed by atoms with Crippen molar-refractivity contribution in [2.75, 3.05) is 26.2 Å². The van der Waals surface area contributed by atoms with Crippen LogP contribution in [0.2, 0.25) is 0 Å². The van der Waals surface area contributed by atoms with Gasteiger partial charge in [0.15, 0.2) is 11.6 Å². The van der Waals surface area contributed by atoms with E-state index in [0.29, 0.717) is 0 Å². The standard InChI is InChI=1S/C32H42N6O6.2C2HF3O2/c1-5-17(3)25(33)31(43)37-13-11-35-29(41)19-7-9-21-23(15-19)27(39)22-10-8-20(16-24(22)28(21)40)30(42)36-12-14-38-32(44)26(34)18(4)6-2;2*3-2(4,5)1(6)7/h7-10,15-18,25-26H,5-6,11-14,33-34H2,1-4H3,(H,35,41)(H,36,42)(H,37,43)(H,38,44);2*(H,6,7)/t17-,18-,25-,26-;;/m0../s1. The molecular weight excluding hydrogens is 790 g/mol. The second-order valence-corrected chi connectivity index (χ2v) is 12.7. The fourth-order valence-corrected chi connectivity index (χ4v) is 4.62. The highest BCUT2D eigenvalue weighted by atomic mass is 19.4. The fraction of sp³-hybridized carbons (Fsp3) is 0.444. The second kappa shape index (κ2) is 22.1. The van der Waals surface area contributed by atoms with Gasteiger partial charge in [-0.15, -0.1) is 0 Å². The van der Waals surface area contributed by atoms with E-state index in [0.717, 1.165) is 12.8 Å². The number of benzene rings is 2. The highest BCUT2D eigenvalue weighted by molar-refractivity contribution is 6.29. The first-order valence-corrected chi connectivity index (χ1v) is 17.4. The maximum atomic E-state index is 13.3. The van der Waals surface area contributed by atoms with Crippen LogP contribution >= 0.6 is 0 Å². The second-order valence-electron chi connectivity index (χ2n) is 12.7. The zero-order chi connectivity index (χ0) is 44.7. The van der Waals surface area contributed by atoms with Crippen molar-refractivity contribution >= 4 is 47.1 Å². The van der Waals surface area contributed by atoms with Gasteiger partial charge < -0.3 is 42.9 Å². The average Bonchev–Trinajstić information content (AvgIpc) is 3.17. The van der Waals surface area contributed by atoms with Gasteiger partial charge in [0.1, 0.15) is 0 Å². The Labute approximate surface area is 327 Å². The molecule has 0 spiro atoms. The molecule has 1 aliphatic rings. The lowest BCUT2D eigenvalue weighted by atomic mass is 9.82. The summed E-state index contributed by atoms with van der Waals surface area (Å²) in [7, 11) is 0. The summed E-state index contributed by atoms with van der Waals surface area (Å²) in [5, 5.41) is 25.0. The number of nitrogens with one attached hydrogen (secondary N) is 4. The van der Waals surface area contributed by atoms with Crippen LogP contribution < -0.4 is 32.7 Å². The van der Waals surface area contributed by atoms with Gasteiger partial charge in [0.05, 0.1) is 12.1 Å². The molecule has 16 nitrogen and oxygen atoms in total. The van der Waals surface area contributed by atoms with Gasteiger partial charge in [-0.2, -0.15) is 26.3 Å². The molecule has 10 N–H and O–H groups in total. The van der Waals surface area contributed by atoms with Crippen LogP contribution in [-0.4, -0.2) is 108 Å². The highest BCUT2D eigenvalue weighted by Gasteiger charge is 2.39. The molecule has 0 aliphatic heterocycles.